The van der Waals surface area contributed by atoms with Crippen molar-refractivity contribution in [3.8, 4) is 0 Å². The van der Waals surface area contributed by atoms with Gasteiger partial charge in [-0.05, 0) is 25.8 Å². The molecule has 9 heteroatoms. The highest BCUT2D eigenvalue weighted by atomic mass is 16.4. The molecular weight excluding hydrogens is 342 g/mol. The van der Waals surface area contributed by atoms with Gasteiger partial charge in [-0.3, -0.25) is 10.1 Å². The monoisotopic (exact) mass is 367 g/mol. The van der Waals surface area contributed by atoms with Crippen molar-refractivity contribution in [2.75, 3.05) is 5.32 Å². The van der Waals surface area contributed by atoms with Crippen LogP contribution >= 0.6 is 0 Å². The SMILES string of the molecule is CC(CC(=O)O)Nc1cccc2c1C(O)N(C1CCC(O)NC1O)C2O. The first-order chi connectivity index (χ1) is 12.3. The number of carbonyl (C=O) groups is 1. The first kappa shape index (κ1) is 19.0. The standard InChI is InChI=1S/C17H25N3O6/c1-8(7-13(22)23)18-10-4-2-3-9-14(10)17(26)20(16(9)25)11-5-6-12(21)19-15(11)24/h2-4,8,11-12,15-19,21,24-26H,5-7H2,1H3,(H,22,23). The molecule has 2 aliphatic heterocycles. The van der Waals surface area contributed by atoms with E-state index in [4.69, 9.17) is 5.11 Å². The van der Waals surface area contributed by atoms with E-state index >= 15 is 0 Å². The van der Waals surface area contributed by atoms with Gasteiger partial charge in [-0.1, -0.05) is 12.1 Å². The predicted molar refractivity (Wildman–Crippen MR) is 91.7 cm³/mol. The number of hydrogen-bond acceptors (Lipinski definition) is 8. The second kappa shape index (κ2) is 7.47. The van der Waals surface area contributed by atoms with Crippen LogP contribution in [0, 0.1) is 0 Å². The minimum absolute atomic E-state index is 0.0881. The molecule has 6 unspecified atom stereocenters. The van der Waals surface area contributed by atoms with Crippen molar-refractivity contribution in [2.24, 2.45) is 0 Å². The molecule has 1 aromatic rings. The smallest absolute Gasteiger partial charge is 0.305 e. The Balaban J connectivity index is 1.85. The van der Waals surface area contributed by atoms with Crippen LogP contribution in [-0.2, 0) is 4.79 Å². The topological polar surface area (TPSA) is 146 Å². The fourth-order valence-corrected chi connectivity index (χ4v) is 3.80. The molecule has 0 radical (unpaired) electrons. The third-order valence-corrected chi connectivity index (χ3v) is 4.97. The summed E-state index contributed by atoms with van der Waals surface area (Å²) in [6.07, 6.45) is -3.51. The fraction of sp³-hybridized carbons (Fsp3) is 0.588. The number of rotatable bonds is 5. The van der Waals surface area contributed by atoms with Gasteiger partial charge >= 0.3 is 5.97 Å². The van der Waals surface area contributed by atoms with E-state index in [9.17, 15) is 25.2 Å². The summed E-state index contributed by atoms with van der Waals surface area (Å²) >= 11 is 0. The van der Waals surface area contributed by atoms with Crippen LogP contribution in [0.1, 0.15) is 49.8 Å². The highest BCUT2D eigenvalue weighted by molar-refractivity contribution is 5.68. The summed E-state index contributed by atoms with van der Waals surface area (Å²) in [7, 11) is 0. The highest BCUT2D eigenvalue weighted by Gasteiger charge is 2.45. The highest BCUT2D eigenvalue weighted by Crippen LogP contribution is 2.45. The van der Waals surface area contributed by atoms with Gasteiger partial charge in [0.15, 0.2) is 0 Å². The molecule has 26 heavy (non-hydrogen) atoms. The first-order valence-corrected chi connectivity index (χ1v) is 8.66. The molecular formula is C17H25N3O6. The Hall–Kier alpha value is -1.75. The van der Waals surface area contributed by atoms with E-state index in [1.54, 1.807) is 25.1 Å². The normalized spacial score (nSPS) is 32.9. The number of aliphatic hydroxyl groups is 4. The van der Waals surface area contributed by atoms with E-state index in [1.807, 2.05) is 0 Å². The number of aliphatic carboxylic acids is 1. The van der Waals surface area contributed by atoms with Crippen LogP contribution in [0.15, 0.2) is 18.2 Å². The molecule has 9 nitrogen and oxygen atoms in total. The molecule has 2 aliphatic rings. The summed E-state index contributed by atoms with van der Waals surface area (Å²) in [6.45, 7) is 1.72. The van der Waals surface area contributed by atoms with Gasteiger partial charge in [0, 0.05) is 22.9 Å². The van der Waals surface area contributed by atoms with E-state index in [0.29, 0.717) is 29.7 Å². The lowest BCUT2D eigenvalue weighted by Crippen LogP contribution is -2.57. The minimum Gasteiger partial charge on any atom is -0.481 e. The number of anilines is 1. The summed E-state index contributed by atoms with van der Waals surface area (Å²) in [5, 5.41) is 55.9. The lowest BCUT2D eigenvalue weighted by molar-refractivity contribution is -0.158. The molecule has 1 aromatic carbocycles. The molecule has 6 atom stereocenters. The first-order valence-electron chi connectivity index (χ1n) is 8.66. The average molecular weight is 367 g/mol. The average Bonchev–Trinajstić information content (AvgIpc) is 2.79. The summed E-state index contributed by atoms with van der Waals surface area (Å²) in [5.74, 6) is -0.935. The number of benzene rings is 1. The van der Waals surface area contributed by atoms with Crippen LogP contribution in [0.3, 0.4) is 0 Å². The lowest BCUT2D eigenvalue weighted by Gasteiger charge is -2.40. The maximum atomic E-state index is 10.9. The van der Waals surface area contributed by atoms with Crippen LogP contribution in [0.2, 0.25) is 0 Å². The Bertz CT molecular complexity index is 672. The van der Waals surface area contributed by atoms with Gasteiger partial charge in [0.05, 0.1) is 12.5 Å². The van der Waals surface area contributed by atoms with E-state index in [-0.39, 0.29) is 12.5 Å². The Morgan fingerprint density at radius 2 is 2.00 bits per heavy atom. The minimum atomic E-state index is -1.17. The summed E-state index contributed by atoms with van der Waals surface area (Å²) in [4.78, 5) is 12.3. The molecule has 1 saturated heterocycles. The number of carboxylic acid groups (broad SMARTS) is 1. The van der Waals surface area contributed by atoms with Crippen molar-refractivity contribution in [3.63, 3.8) is 0 Å². The van der Waals surface area contributed by atoms with E-state index in [0.717, 1.165) is 0 Å². The predicted octanol–water partition coefficient (Wildman–Crippen LogP) is -0.352. The number of nitrogens with one attached hydrogen (secondary N) is 2. The molecule has 0 bridgehead atoms. The molecule has 2 heterocycles. The van der Waals surface area contributed by atoms with Crippen molar-refractivity contribution in [1.82, 2.24) is 10.2 Å². The van der Waals surface area contributed by atoms with Gasteiger partial charge in [0.25, 0.3) is 0 Å². The summed E-state index contributed by atoms with van der Waals surface area (Å²) in [5.41, 5.74) is 1.52. The van der Waals surface area contributed by atoms with Crippen molar-refractivity contribution < 1.29 is 30.3 Å². The zero-order valence-electron chi connectivity index (χ0n) is 14.4. The Morgan fingerprint density at radius 3 is 2.65 bits per heavy atom. The third-order valence-electron chi connectivity index (χ3n) is 4.97. The molecule has 1 fully saturated rings. The number of hydrogen-bond donors (Lipinski definition) is 7. The second-order valence-electron chi connectivity index (χ2n) is 6.92. The quantitative estimate of drug-likeness (QED) is 0.371. The second-order valence-corrected chi connectivity index (χ2v) is 6.92. The zero-order valence-corrected chi connectivity index (χ0v) is 14.4. The van der Waals surface area contributed by atoms with Crippen molar-refractivity contribution >= 4 is 11.7 Å². The van der Waals surface area contributed by atoms with Crippen molar-refractivity contribution in [1.29, 1.82) is 0 Å². The van der Waals surface area contributed by atoms with Crippen LogP contribution in [0.5, 0.6) is 0 Å². The number of aliphatic hydroxyl groups excluding tert-OH is 4. The maximum Gasteiger partial charge on any atom is 0.305 e. The van der Waals surface area contributed by atoms with Crippen LogP contribution in [-0.4, -0.2) is 60.9 Å². The van der Waals surface area contributed by atoms with Gasteiger partial charge in [-0.2, -0.15) is 0 Å². The van der Waals surface area contributed by atoms with Crippen LogP contribution in [0.4, 0.5) is 5.69 Å². The number of fused-ring (bicyclic) bond motifs is 1. The van der Waals surface area contributed by atoms with E-state index < -0.39 is 36.9 Å². The van der Waals surface area contributed by atoms with E-state index in [2.05, 4.69) is 10.6 Å². The van der Waals surface area contributed by atoms with Crippen molar-refractivity contribution in [2.45, 2.75) is 63.2 Å². The van der Waals surface area contributed by atoms with Gasteiger partial charge < -0.3 is 30.8 Å². The third kappa shape index (κ3) is 3.54. The Labute approximate surface area is 150 Å². The van der Waals surface area contributed by atoms with Gasteiger partial charge in [-0.15, -0.1) is 0 Å². The largest absolute Gasteiger partial charge is 0.481 e. The van der Waals surface area contributed by atoms with Gasteiger partial charge in [-0.25, -0.2) is 4.90 Å². The van der Waals surface area contributed by atoms with Gasteiger partial charge in [0.1, 0.15) is 24.9 Å². The summed E-state index contributed by atoms with van der Waals surface area (Å²) < 4.78 is 0. The Kier molecular flexibility index (Phi) is 5.47. The van der Waals surface area contributed by atoms with Crippen LogP contribution < -0.4 is 10.6 Å². The maximum absolute atomic E-state index is 10.9. The van der Waals surface area contributed by atoms with Crippen molar-refractivity contribution in [3.05, 3.63) is 29.3 Å². The molecule has 7 N–H and O–H groups in total. The molecule has 144 valence electrons. The molecule has 0 aliphatic carbocycles. The van der Waals surface area contributed by atoms with E-state index in [1.165, 1.54) is 4.90 Å². The number of carboxylic acids is 1. The molecule has 0 spiro atoms. The zero-order chi connectivity index (χ0) is 19.0. The number of nitrogens with zero attached hydrogens (tertiary/aromatic N) is 1. The van der Waals surface area contributed by atoms with Gasteiger partial charge in [0.2, 0.25) is 0 Å². The molecule has 0 amide bonds. The Morgan fingerprint density at radius 1 is 1.27 bits per heavy atom. The fourth-order valence-electron chi connectivity index (χ4n) is 3.80. The number of piperidine rings is 1. The molecule has 3 rings (SSSR count). The summed E-state index contributed by atoms with van der Waals surface area (Å²) in [6, 6.07) is 4.17. The molecule has 0 saturated carbocycles. The lowest BCUT2D eigenvalue weighted by atomic mass is 10.0. The molecule has 0 aromatic heterocycles. The van der Waals surface area contributed by atoms with Crippen LogP contribution in [0.25, 0.3) is 0 Å².